The van der Waals surface area contributed by atoms with E-state index >= 15 is 0 Å². The zero-order chi connectivity index (χ0) is 11.7. The number of benzene rings is 1. The van der Waals surface area contributed by atoms with E-state index in [-0.39, 0.29) is 0 Å². The smallest absolute Gasteiger partial charge is 0.119 e. The average molecular weight is 224 g/mol. The quantitative estimate of drug-likeness (QED) is 0.786. The molecule has 0 bridgehead atoms. The molecular formula is C14H12N2O. The zero-order valence-electron chi connectivity index (χ0n) is 9.55. The predicted molar refractivity (Wildman–Crippen MR) is 67.1 cm³/mol. The van der Waals surface area contributed by atoms with Crippen molar-refractivity contribution >= 4 is 11.4 Å². The largest absolute Gasteiger partial charge is 0.497 e. The van der Waals surface area contributed by atoms with Crippen LogP contribution in [0.5, 0.6) is 5.75 Å². The number of pyridine rings is 1. The molecule has 2 heterocycles. The van der Waals surface area contributed by atoms with Crippen LogP contribution in [0.1, 0.15) is 11.3 Å². The van der Waals surface area contributed by atoms with E-state index in [0.717, 1.165) is 29.3 Å². The summed E-state index contributed by atoms with van der Waals surface area (Å²) in [6.07, 6.45) is 2.62. The Hall–Kier alpha value is -2.16. The van der Waals surface area contributed by atoms with Crippen LogP contribution in [-0.4, -0.2) is 17.8 Å². The molecule has 0 spiro atoms. The third kappa shape index (κ3) is 1.80. The fourth-order valence-electron chi connectivity index (χ4n) is 1.99. The summed E-state index contributed by atoms with van der Waals surface area (Å²) >= 11 is 0. The zero-order valence-corrected chi connectivity index (χ0v) is 9.55. The first kappa shape index (κ1) is 10.0. The van der Waals surface area contributed by atoms with E-state index in [9.17, 15) is 0 Å². The molecule has 3 heteroatoms. The fraction of sp³-hybridized carbons (Fsp3) is 0.143. The minimum atomic E-state index is 0.823. The van der Waals surface area contributed by atoms with Gasteiger partial charge in [0.15, 0.2) is 0 Å². The third-order valence-electron chi connectivity index (χ3n) is 2.86. The number of aliphatic imine (C=N–C) groups is 1. The van der Waals surface area contributed by atoms with E-state index in [1.807, 2.05) is 36.4 Å². The monoisotopic (exact) mass is 224 g/mol. The van der Waals surface area contributed by atoms with Gasteiger partial charge in [-0.3, -0.25) is 9.98 Å². The summed E-state index contributed by atoms with van der Waals surface area (Å²) in [5.74, 6) is 0.876. The summed E-state index contributed by atoms with van der Waals surface area (Å²) < 4.78 is 5.21. The first-order valence-electron chi connectivity index (χ1n) is 5.53. The fourth-order valence-corrected chi connectivity index (χ4v) is 1.99. The molecule has 0 unspecified atom stereocenters. The third-order valence-corrected chi connectivity index (χ3v) is 2.86. The molecule has 17 heavy (non-hydrogen) atoms. The van der Waals surface area contributed by atoms with Crippen molar-refractivity contribution in [3.8, 4) is 5.75 Å². The van der Waals surface area contributed by atoms with Crippen molar-refractivity contribution in [2.75, 3.05) is 7.11 Å². The number of fused-ring (bicyclic) bond motifs is 1. The van der Waals surface area contributed by atoms with Crippen LogP contribution in [0.3, 0.4) is 0 Å². The molecule has 0 atom stereocenters. The summed E-state index contributed by atoms with van der Waals surface area (Å²) in [6.45, 7) is 0. The van der Waals surface area contributed by atoms with Gasteiger partial charge in [0.2, 0.25) is 0 Å². The van der Waals surface area contributed by atoms with Crippen LogP contribution in [-0.2, 0) is 6.42 Å². The van der Waals surface area contributed by atoms with Gasteiger partial charge in [-0.1, -0.05) is 6.07 Å². The van der Waals surface area contributed by atoms with Crippen LogP contribution in [0.25, 0.3) is 0 Å². The highest BCUT2D eigenvalue weighted by molar-refractivity contribution is 6.05. The molecule has 0 amide bonds. The number of ether oxygens (including phenoxy) is 1. The van der Waals surface area contributed by atoms with Crippen LogP contribution in [0.2, 0.25) is 0 Å². The number of methoxy groups -OCH3 is 1. The lowest BCUT2D eigenvalue weighted by atomic mass is 10.1. The van der Waals surface area contributed by atoms with Crippen molar-refractivity contribution in [3.63, 3.8) is 0 Å². The molecule has 1 aromatic carbocycles. The summed E-state index contributed by atoms with van der Waals surface area (Å²) in [7, 11) is 1.68. The number of hydrogen-bond donors (Lipinski definition) is 0. The van der Waals surface area contributed by atoms with Crippen molar-refractivity contribution in [3.05, 3.63) is 53.9 Å². The van der Waals surface area contributed by atoms with Gasteiger partial charge in [-0.05, 0) is 35.9 Å². The van der Waals surface area contributed by atoms with Gasteiger partial charge in [0.1, 0.15) is 5.75 Å². The molecule has 0 aliphatic carbocycles. The van der Waals surface area contributed by atoms with Gasteiger partial charge >= 0.3 is 0 Å². The van der Waals surface area contributed by atoms with E-state index in [2.05, 4.69) is 9.98 Å². The molecule has 0 saturated carbocycles. The van der Waals surface area contributed by atoms with Gasteiger partial charge in [0.25, 0.3) is 0 Å². The first-order chi connectivity index (χ1) is 8.36. The lowest BCUT2D eigenvalue weighted by molar-refractivity contribution is 0.414. The maximum atomic E-state index is 5.21. The van der Waals surface area contributed by atoms with Crippen molar-refractivity contribution < 1.29 is 4.74 Å². The molecule has 3 nitrogen and oxygen atoms in total. The van der Waals surface area contributed by atoms with E-state index in [1.165, 1.54) is 5.56 Å². The Morgan fingerprint density at radius 3 is 2.88 bits per heavy atom. The molecule has 84 valence electrons. The molecule has 1 aliphatic rings. The van der Waals surface area contributed by atoms with Crippen LogP contribution >= 0.6 is 0 Å². The van der Waals surface area contributed by atoms with Crippen LogP contribution < -0.4 is 4.74 Å². The van der Waals surface area contributed by atoms with Crippen molar-refractivity contribution in [2.45, 2.75) is 6.42 Å². The summed E-state index contributed by atoms with van der Waals surface area (Å²) in [5, 5.41) is 0. The Balaban J connectivity index is 1.95. The second-order valence-electron chi connectivity index (χ2n) is 3.94. The average Bonchev–Trinajstić information content (AvgIpc) is 2.82. The summed E-state index contributed by atoms with van der Waals surface area (Å²) in [4.78, 5) is 8.92. The number of nitrogens with zero attached hydrogens (tertiary/aromatic N) is 2. The van der Waals surface area contributed by atoms with Crippen LogP contribution in [0.15, 0.2) is 47.6 Å². The Bertz CT molecular complexity index is 576. The van der Waals surface area contributed by atoms with Crippen LogP contribution in [0, 0.1) is 0 Å². The van der Waals surface area contributed by atoms with Crippen LogP contribution in [0.4, 0.5) is 5.69 Å². The Kier molecular flexibility index (Phi) is 2.37. The van der Waals surface area contributed by atoms with Crippen molar-refractivity contribution in [2.24, 2.45) is 4.99 Å². The second kappa shape index (κ2) is 4.01. The van der Waals surface area contributed by atoms with Gasteiger partial charge in [-0.15, -0.1) is 0 Å². The summed E-state index contributed by atoms with van der Waals surface area (Å²) in [6, 6.07) is 11.8. The Morgan fingerprint density at radius 1 is 1.18 bits per heavy atom. The highest BCUT2D eigenvalue weighted by atomic mass is 16.5. The molecule has 0 saturated heterocycles. The molecule has 1 aromatic heterocycles. The van der Waals surface area contributed by atoms with Gasteiger partial charge in [-0.25, -0.2) is 0 Å². The SMILES string of the molecule is COc1ccc2c(c1)CC(c1ccccn1)=N2. The lowest BCUT2D eigenvalue weighted by Crippen LogP contribution is -2.02. The highest BCUT2D eigenvalue weighted by Crippen LogP contribution is 2.31. The normalized spacial score (nSPS) is 13.1. The Labute approximate surface area is 99.8 Å². The molecule has 0 N–H and O–H groups in total. The van der Waals surface area contributed by atoms with Gasteiger partial charge in [0, 0.05) is 12.6 Å². The van der Waals surface area contributed by atoms with Gasteiger partial charge in [-0.2, -0.15) is 0 Å². The molecular weight excluding hydrogens is 212 g/mol. The molecule has 2 aromatic rings. The summed E-state index contributed by atoms with van der Waals surface area (Å²) in [5.41, 5.74) is 4.19. The van der Waals surface area contributed by atoms with E-state index in [1.54, 1.807) is 13.3 Å². The molecule has 1 aliphatic heterocycles. The maximum Gasteiger partial charge on any atom is 0.119 e. The van der Waals surface area contributed by atoms with Gasteiger partial charge in [0.05, 0.1) is 24.2 Å². The molecule has 3 rings (SSSR count). The van der Waals surface area contributed by atoms with Crippen molar-refractivity contribution in [1.82, 2.24) is 4.98 Å². The van der Waals surface area contributed by atoms with Gasteiger partial charge < -0.3 is 4.74 Å². The maximum absolute atomic E-state index is 5.21. The first-order valence-corrected chi connectivity index (χ1v) is 5.53. The minimum Gasteiger partial charge on any atom is -0.497 e. The predicted octanol–water partition coefficient (Wildman–Crippen LogP) is 2.77. The van der Waals surface area contributed by atoms with E-state index in [0.29, 0.717) is 0 Å². The number of aromatic nitrogens is 1. The second-order valence-corrected chi connectivity index (χ2v) is 3.94. The van der Waals surface area contributed by atoms with E-state index in [4.69, 9.17) is 4.74 Å². The molecule has 0 fully saturated rings. The Morgan fingerprint density at radius 2 is 2.12 bits per heavy atom. The topological polar surface area (TPSA) is 34.5 Å². The van der Waals surface area contributed by atoms with Crippen molar-refractivity contribution in [1.29, 1.82) is 0 Å². The number of rotatable bonds is 2. The highest BCUT2D eigenvalue weighted by Gasteiger charge is 2.17. The van der Waals surface area contributed by atoms with E-state index < -0.39 is 0 Å². The minimum absolute atomic E-state index is 0.823. The number of hydrogen-bond acceptors (Lipinski definition) is 3. The standard InChI is InChI=1S/C14H12N2O/c1-17-11-5-6-12-10(8-11)9-14(16-12)13-4-2-3-7-15-13/h2-8H,9H2,1H3. The molecule has 0 radical (unpaired) electrons. The lowest BCUT2D eigenvalue weighted by Gasteiger charge is -2.01.